The van der Waals surface area contributed by atoms with Crippen molar-refractivity contribution in [3.63, 3.8) is 0 Å². The molecule has 0 heterocycles. The summed E-state index contributed by atoms with van der Waals surface area (Å²) in [5, 5.41) is 10.2. The zero-order valence-electron chi connectivity index (χ0n) is 10.6. The Bertz CT molecular complexity index is 402. The van der Waals surface area contributed by atoms with Crippen LogP contribution in [0.2, 0.25) is 5.25 Å². The van der Waals surface area contributed by atoms with E-state index in [9.17, 15) is 0 Å². The van der Waals surface area contributed by atoms with E-state index in [0.29, 0.717) is 6.61 Å². The van der Waals surface area contributed by atoms with Gasteiger partial charge in [-0.3, -0.25) is 0 Å². The van der Waals surface area contributed by atoms with Crippen molar-refractivity contribution in [3.05, 3.63) is 60.7 Å². The molecule has 2 aromatic rings. The van der Waals surface area contributed by atoms with Gasteiger partial charge in [-0.05, 0) is 0 Å². The van der Waals surface area contributed by atoms with Gasteiger partial charge in [0.15, 0.2) is 0 Å². The van der Waals surface area contributed by atoms with Crippen LogP contribution < -0.4 is 8.79 Å². The van der Waals surface area contributed by atoms with Crippen molar-refractivity contribution >= 4 is 23.1 Å². The Morgan fingerprint density at radius 1 is 0.722 bits per heavy atom. The van der Waals surface area contributed by atoms with Crippen molar-refractivity contribution in [2.45, 2.75) is 18.1 Å². The fourth-order valence-electron chi connectivity index (χ4n) is 2.36. The van der Waals surface area contributed by atoms with E-state index in [1.54, 1.807) is 8.79 Å². The topological polar surface area (TPSA) is 20.2 Å². The molecule has 0 aromatic heterocycles. The minimum absolute atomic E-state index is 0.318. The van der Waals surface area contributed by atoms with Crippen LogP contribution in [0.4, 0.5) is 0 Å². The van der Waals surface area contributed by atoms with Crippen molar-refractivity contribution in [1.82, 2.24) is 0 Å². The second-order valence-electron chi connectivity index (χ2n) is 4.59. The van der Waals surface area contributed by atoms with Gasteiger partial charge in [0.1, 0.15) is 0 Å². The first-order valence-corrected chi connectivity index (χ1v) is 10.8. The van der Waals surface area contributed by atoms with Crippen LogP contribution in [0.5, 0.6) is 0 Å². The average Bonchev–Trinajstić information content (AvgIpc) is 2.46. The molecule has 0 aliphatic heterocycles. The number of hydrogen-bond donors (Lipinski definition) is 1. The molecule has 0 aliphatic rings. The summed E-state index contributed by atoms with van der Waals surface area (Å²) in [6.07, 6.45) is 2.08. The Morgan fingerprint density at radius 3 is 1.67 bits per heavy atom. The van der Waals surface area contributed by atoms with Gasteiger partial charge in [0, 0.05) is 0 Å². The quantitative estimate of drug-likeness (QED) is 0.637. The number of aliphatic hydroxyl groups is 1. The molecule has 0 unspecified atom stereocenters. The Balaban J connectivity index is 2.18. The summed E-state index contributed by atoms with van der Waals surface area (Å²) >= 11 is -1.63. The molecule has 94 valence electrons. The Hall–Kier alpha value is -1.06. The molecule has 2 aromatic carbocycles. The van der Waals surface area contributed by atoms with E-state index in [-0.39, 0.29) is 0 Å². The first-order chi connectivity index (χ1) is 8.92. The van der Waals surface area contributed by atoms with Crippen LogP contribution in [0.3, 0.4) is 0 Å². The van der Waals surface area contributed by atoms with E-state index in [4.69, 9.17) is 5.11 Å². The predicted octanol–water partition coefficient (Wildman–Crippen LogP) is 1.80. The van der Waals surface area contributed by atoms with Crippen LogP contribution in [-0.4, -0.2) is 26.1 Å². The molecular formula is C16H20GeO. The number of unbranched alkanes of at least 4 members (excludes halogenated alkanes) is 1. The third-order valence-corrected chi connectivity index (χ3v) is 10.4. The third-order valence-electron chi connectivity index (χ3n) is 3.30. The van der Waals surface area contributed by atoms with E-state index >= 15 is 0 Å². The molecule has 1 N–H and O–H groups in total. The van der Waals surface area contributed by atoms with Crippen LogP contribution in [0.25, 0.3) is 0 Å². The van der Waals surface area contributed by atoms with Crippen LogP contribution in [-0.2, 0) is 0 Å². The summed E-state index contributed by atoms with van der Waals surface area (Å²) in [5.41, 5.74) is 0. The van der Waals surface area contributed by atoms with Gasteiger partial charge in [-0.15, -0.1) is 0 Å². The van der Waals surface area contributed by atoms with Crippen molar-refractivity contribution < 1.29 is 5.11 Å². The van der Waals surface area contributed by atoms with Gasteiger partial charge in [0.05, 0.1) is 0 Å². The predicted molar refractivity (Wildman–Crippen MR) is 80.4 cm³/mol. The zero-order chi connectivity index (χ0) is 12.6. The monoisotopic (exact) mass is 302 g/mol. The summed E-state index contributed by atoms with van der Waals surface area (Å²) in [6.45, 7) is 0.318. The summed E-state index contributed by atoms with van der Waals surface area (Å²) in [5.74, 6) is 0. The van der Waals surface area contributed by atoms with E-state index in [1.165, 1.54) is 5.25 Å². The minimum atomic E-state index is -1.63. The first-order valence-electron chi connectivity index (χ1n) is 6.62. The van der Waals surface area contributed by atoms with Crippen molar-refractivity contribution in [2.24, 2.45) is 0 Å². The maximum absolute atomic E-state index is 8.94. The molecule has 18 heavy (non-hydrogen) atoms. The van der Waals surface area contributed by atoms with Gasteiger partial charge in [0.2, 0.25) is 0 Å². The average molecular weight is 301 g/mol. The molecule has 0 saturated heterocycles. The zero-order valence-corrected chi connectivity index (χ0v) is 13.0. The molecule has 0 radical (unpaired) electrons. The Labute approximate surface area is 114 Å². The third kappa shape index (κ3) is 3.72. The van der Waals surface area contributed by atoms with E-state index in [2.05, 4.69) is 60.7 Å². The molecule has 0 amide bonds. The fourth-order valence-corrected chi connectivity index (χ4v) is 8.91. The van der Waals surface area contributed by atoms with E-state index in [0.717, 1.165) is 12.8 Å². The van der Waals surface area contributed by atoms with Crippen molar-refractivity contribution in [1.29, 1.82) is 0 Å². The molecule has 0 aliphatic carbocycles. The number of benzene rings is 2. The van der Waals surface area contributed by atoms with E-state index in [1.807, 2.05) is 0 Å². The summed E-state index contributed by atoms with van der Waals surface area (Å²) < 4.78 is 3.10. The van der Waals surface area contributed by atoms with Crippen LogP contribution >= 0.6 is 0 Å². The number of hydrogen-bond acceptors (Lipinski definition) is 1. The van der Waals surface area contributed by atoms with Crippen LogP contribution in [0.1, 0.15) is 12.8 Å². The molecule has 0 saturated carbocycles. The SMILES string of the molecule is OCCC[CH2][GeH]([c]1ccccc1)[c]1ccccc1. The molecular weight excluding hydrogens is 281 g/mol. The first kappa shape index (κ1) is 13.4. The second kappa shape index (κ2) is 7.39. The maximum atomic E-state index is 8.94. The Kier molecular flexibility index (Phi) is 5.49. The van der Waals surface area contributed by atoms with Gasteiger partial charge in [-0.25, -0.2) is 0 Å². The molecule has 1 nitrogen and oxygen atoms in total. The normalized spacial score (nSPS) is 10.8. The molecule has 0 spiro atoms. The molecule has 2 rings (SSSR count). The summed E-state index contributed by atoms with van der Waals surface area (Å²) in [4.78, 5) is 0. The Morgan fingerprint density at radius 2 is 1.22 bits per heavy atom. The van der Waals surface area contributed by atoms with Crippen molar-refractivity contribution in [2.75, 3.05) is 6.61 Å². The fraction of sp³-hybridized carbons (Fsp3) is 0.250. The van der Waals surface area contributed by atoms with E-state index < -0.39 is 14.3 Å². The van der Waals surface area contributed by atoms with Gasteiger partial charge in [0.25, 0.3) is 0 Å². The number of rotatable bonds is 6. The molecule has 0 fully saturated rings. The summed E-state index contributed by atoms with van der Waals surface area (Å²) in [7, 11) is 0. The van der Waals surface area contributed by atoms with Crippen molar-refractivity contribution in [3.8, 4) is 0 Å². The van der Waals surface area contributed by atoms with Gasteiger partial charge < -0.3 is 0 Å². The molecule has 2 heteroatoms. The van der Waals surface area contributed by atoms with Gasteiger partial charge >= 0.3 is 114 Å². The van der Waals surface area contributed by atoms with Gasteiger partial charge in [-0.2, -0.15) is 0 Å². The van der Waals surface area contributed by atoms with Crippen LogP contribution in [0, 0.1) is 0 Å². The molecule has 0 atom stereocenters. The summed E-state index contributed by atoms with van der Waals surface area (Å²) in [6, 6.07) is 21.8. The number of aliphatic hydroxyl groups excluding tert-OH is 1. The molecule has 0 bridgehead atoms. The second-order valence-corrected chi connectivity index (χ2v) is 10.9. The van der Waals surface area contributed by atoms with Gasteiger partial charge in [-0.1, -0.05) is 0 Å². The van der Waals surface area contributed by atoms with Crippen LogP contribution in [0.15, 0.2) is 60.7 Å². The standard InChI is InChI=1S/C16H20GeO/c18-14-8-7-13-17(15-9-3-1-4-10-15)16-11-5-2-6-12-16/h1-6,9-12,17-18H,7-8,13-14H2.